The lowest BCUT2D eigenvalue weighted by Gasteiger charge is -2.36. The fourth-order valence-corrected chi connectivity index (χ4v) is 5.51. The van der Waals surface area contributed by atoms with Crippen LogP contribution in [0.1, 0.15) is 28.7 Å². The molecule has 0 radical (unpaired) electrons. The van der Waals surface area contributed by atoms with Crippen molar-refractivity contribution in [1.82, 2.24) is 25.0 Å². The van der Waals surface area contributed by atoms with Crippen molar-refractivity contribution >= 4 is 38.6 Å². The Morgan fingerprint density at radius 1 is 1.03 bits per heavy atom. The molecule has 0 aliphatic carbocycles. The first-order valence-corrected chi connectivity index (χ1v) is 13.4. The number of Topliss-reactive ketones (excluding diaryl/α,β-unsaturated/α-hetero) is 1. The Balaban J connectivity index is 1.23. The van der Waals surface area contributed by atoms with Crippen molar-refractivity contribution in [2.24, 2.45) is 0 Å². The summed E-state index contributed by atoms with van der Waals surface area (Å²) in [6.45, 7) is 7.92. The smallest absolute Gasteiger partial charge is 0.180 e. The second-order valence-corrected chi connectivity index (χ2v) is 10.5. The third-order valence-corrected chi connectivity index (χ3v) is 7.54. The molecule has 4 heterocycles. The molecule has 6 rings (SSSR count). The first-order chi connectivity index (χ1) is 18.4. The molecule has 0 bridgehead atoms. The maximum Gasteiger partial charge on any atom is 0.180 e. The second kappa shape index (κ2) is 10.2. The Kier molecular flexibility index (Phi) is 6.55. The number of carbonyl (C=O) groups excluding carboxylic acids is 1. The molecule has 8 nitrogen and oxygen atoms in total. The number of carbonyl (C=O) groups is 1. The molecule has 1 N–H and O–H groups in total. The molecule has 3 aromatic heterocycles. The number of nitrogens with one attached hydrogen (secondary N) is 1. The lowest BCUT2D eigenvalue weighted by molar-refractivity contribution is 0.101. The molecule has 38 heavy (non-hydrogen) atoms. The van der Waals surface area contributed by atoms with E-state index in [9.17, 15) is 4.79 Å². The van der Waals surface area contributed by atoms with Gasteiger partial charge in [0.1, 0.15) is 17.1 Å². The van der Waals surface area contributed by atoms with Crippen molar-refractivity contribution in [3.63, 3.8) is 0 Å². The van der Waals surface area contributed by atoms with Crippen LogP contribution in [0.2, 0.25) is 0 Å². The third-order valence-electron chi connectivity index (χ3n) is 6.96. The van der Waals surface area contributed by atoms with E-state index in [0.29, 0.717) is 11.2 Å². The number of pyridine rings is 1. The zero-order valence-corrected chi connectivity index (χ0v) is 22.8. The number of aromatic nitrogens is 4. The SMILES string of the molecule is CC(=O)c1cccc(-c2ccc(-c3nc4ncc(Br)c(N5CCN(Cc6cc(C)on6)CC5)c4[nH]3)cc2)c1. The van der Waals surface area contributed by atoms with E-state index in [0.717, 1.165) is 82.4 Å². The Hall–Kier alpha value is -3.82. The maximum absolute atomic E-state index is 11.8. The Labute approximate surface area is 228 Å². The van der Waals surface area contributed by atoms with Crippen LogP contribution < -0.4 is 4.90 Å². The van der Waals surface area contributed by atoms with Gasteiger partial charge in [0, 0.05) is 56.1 Å². The number of hydrogen-bond acceptors (Lipinski definition) is 7. The van der Waals surface area contributed by atoms with Crippen LogP contribution in [0.3, 0.4) is 0 Å². The second-order valence-electron chi connectivity index (χ2n) is 9.65. The van der Waals surface area contributed by atoms with E-state index in [1.165, 1.54) is 0 Å². The molecule has 0 unspecified atom stereocenters. The Bertz CT molecular complexity index is 1620. The van der Waals surface area contributed by atoms with Crippen LogP contribution in [0.4, 0.5) is 5.69 Å². The number of ketones is 1. The van der Waals surface area contributed by atoms with Crippen molar-refractivity contribution in [2.45, 2.75) is 20.4 Å². The lowest BCUT2D eigenvalue weighted by atomic mass is 10.0. The van der Waals surface area contributed by atoms with Gasteiger partial charge in [-0.05, 0) is 47.0 Å². The van der Waals surface area contributed by atoms with Gasteiger partial charge < -0.3 is 14.4 Å². The molecule has 0 spiro atoms. The van der Waals surface area contributed by atoms with Crippen molar-refractivity contribution in [3.05, 3.63) is 82.3 Å². The first kappa shape index (κ1) is 24.5. The number of imidazole rings is 1. The molecule has 1 fully saturated rings. The minimum atomic E-state index is 0.0617. The highest BCUT2D eigenvalue weighted by molar-refractivity contribution is 9.10. The topological polar surface area (TPSA) is 91.2 Å². The molecule has 2 aromatic carbocycles. The molecular weight excluding hydrogens is 544 g/mol. The quantitative estimate of drug-likeness (QED) is 0.255. The van der Waals surface area contributed by atoms with Crippen molar-refractivity contribution in [2.75, 3.05) is 31.1 Å². The molecule has 1 aliphatic rings. The van der Waals surface area contributed by atoms with Gasteiger partial charge in [-0.25, -0.2) is 9.97 Å². The van der Waals surface area contributed by atoms with E-state index in [1.807, 2.05) is 55.6 Å². The van der Waals surface area contributed by atoms with E-state index in [2.05, 4.69) is 53.0 Å². The maximum atomic E-state index is 11.8. The van der Waals surface area contributed by atoms with Crippen LogP contribution in [0.25, 0.3) is 33.7 Å². The monoisotopic (exact) mass is 570 g/mol. The molecule has 5 aromatic rings. The minimum absolute atomic E-state index is 0.0617. The largest absolute Gasteiger partial charge is 0.366 e. The fourth-order valence-electron chi connectivity index (χ4n) is 4.96. The highest BCUT2D eigenvalue weighted by Gasteiger charge is 2.23. The molecule has 9 heteroatoms. The minimum Gasteiger partial charge on any atom is -0.366 e. The number of benzene rings is 2. The number of hydrogen-bond donors (Lipinski definition) is 1. The summed E-state index contributed by atoms with van der Waals surface area (Å²) in [7, 11) is 0. The van der Waals surface area contributed by atoms with E-state index in [1.54, 1.807) is 6.92 Å². The molecule has 192 valence electrons. The van der Waals surface area contributed by atoms with Crippen molar-refractivity contribution in [3.8, 4) is 22.5 Å². The Morgan fingerprint density at radius 2 is 1.79 bits per heavy atom. The number of aromatic amines is 1. The predicted molar refractivity (Wildman–Crippen MR) is 151 cm³/mol. The Morgan fingerprint density at radius 3 is 2.50 bits per heavy atom. The van der Waals surface area contributed by atoms with Crippen LogP contribution in [0, 0.1) is 6.92 Å². The van der Waals surface area contributed by atoms with Gasteiger partial charge in [-0.2, -0.15) is 0 Å². The molecule has 0 amide bonds. The van der Waals surface area contributed by atoms with Crippen LogP contribution in [0.15, 0.2) is 69.8 Å². The number of anilines is 1. The van der Waals surface area contributed by atoms with Gasteiger partial charge >= 0.3 is 0 Å². The predicted octanol–water partition coefficient (Wildman–Crippen LogP) is 5.88. The highest BCUT2D eigenvalue weighted by Crippen LogP contribution is 2.35. The zero-order valence-electron chi connectivity index (χ0n) is 21.2. The molecule has 0 saturated carbocycles. The lowest BCUT2D eigenvalue weighted by Crippen LogP contribution is -2.46. The van der Waals surface area contributed by atoms with Gasteiger partial charge in [-0.1, -0.05) is 47.6 Å². The van der Waals surface area contributed by atoms with E-state index >= 15 is 0 Å². The molecule has 1 saturated heterocycles. The average Bonchev–Trinajstić information content (AvgIpc) is 3.55. The van der Waals surface area contributed by atoms with E-state index < -0.39 is 0 Å². The van der Waals surface area contributed by atoms with Crippen LogP contribution >= 0.6 is 15.9 Å². The van der Waals surface area contributed by atoms with Crippen LogP contribution in [-0.2, 0) is 6.54 Å². The summed E-state index contributed by atoms with van der Waals surface area (Å²) in [5.41, 5.74) is 7.42. The zero-order chi connectivity index (χ0) is 26.2. The number of nitrogens with zero attached hydrogens (tertiary/aromatic N) is 5. The van der Waals surface area contributed by atoms with Crippen molar-refractivity contribution < 1.29 is 9.32 Å². The number of halogens is 1. The first-order valence-electron chi connectivity index (χ1n) is 12.6. The van der Waals surface area contributed by atoms with Gasteiger partial charge in [0.15, 0.2) is 11.4 Å². The summed E-state index contributed by atoms with van der Waals surface area (Å²) < 4.78 is 6.16. The van der Waals surface area contributed by atoms with Gasteiger partial charge in [0.05, 0.1) is 15.9 Å². The highest BCUT2D eigenvalue weighted by atomic mass is 79.9. The summed E-state index contributed by atoms with van der Waals surface area (Å²) in [5.74, 6) is 1.68. The van der Waals surface area contributed by atoms with Crippen LogP contribution in [-0.4, -0.2) is 57.0 Å². The summed E-state index contributed by atoms with van der Waals surface area (Å²) in [6, 6.07) is 17.9. The van der Waals surface area contributed by atoms with E-state index in [-0.39, 0.29) is 5.78 Å². The number of fused-ring (bicyclic) bond motifs is 1. The van der Waals surface area contributed by atoms with Gasteiger partial charge in [0.2, 0.25) is 0 Å². The normalized spacial score (nSPS) is 14.3. The third kappa shape index (κ3) is 4.87. The van der Waals surface area contributed by atoms with Gasteiger partial charge in [0.25, 0.3) is 0 Å². The number of piperazine rings is 1. The average molecular weight is 571 g/mol. The summed E-state index contributed by atoms with van der Waals surface area (Å²) in [4.78, 5) is 29.5. The summed E-state index contributed by atoms with van der Waals surface area (Å²) >= 11 is 3.73. The number of aryl methyl sites for hydroxylation is 1. The number of H-pyrrole nitrogens is 1. The summed E-state index contributed by atoms with van der Waals surface area (Å²) in [6.07, 6.45) is 1.83. The van der Waals surface area contributed by atoms with Gasteiger partial charge in [-0.15, -0.1) is 0 Å². The molecular formula is C29H27BrN6O2. The summed E-state index contributed by atoms with van der Waals surface area (Å²) in [5, 5.41) is 4.13. The standard InChI is InChI=1S/C29H27BrN6O2/c1-18-14-24(34-38-18)17-35-10-12-36(13-11-35)27-25(30)16-31-29-26(27)32-28(33-29)21-8-6-20(7-9-21)23-5-3-4-22(15-23)19(2)37/h3-9,14-16H,10-13,17H2,1-2H3,(H,31,32,33). The van der Waals surface area contributed by atoms with E-state index in [4.69, 9.17) is 9.51 Å². The number of rotatable bonds is 6. The van der Waals surface area contributed by atoms with Gasteiger partial charge in [-0.3, -0.25) is 9.69 Å². The van der Waals surface area contributed by atoms with Crippen LogP contribution in [0.5, 0.6) is 0 Å². The molecule has 0 atom stereocenters. The fraction of sp³-hybridized carbons (Fsp3) is 0.241. The van der Waals surface area contributed by atoms with Crippen molar-refractivity contribution in [1.29, 1.82) is 0 Å². The molecule has 1 aliphatic heterocycles.